The van der Waals surface area contributed by atoms with E-state index in [-0.39, 0.29) is 18.0 Å². The monoisotopic (exact) mass is 326 g/mol. The van der Waals surface area contributed by atoms with E-state index in [4.69, 9.17) is 0 Å². The Hall–Kier alpha value is -2.76. The van der Waals surface area contributed by atoms with E-state index in [2.05, 4.69) is 15.2 Å². The van der Waals surface area contributed by atoms with Crippen LogP contribution in [-0.2, 0) is 11.3 Å². The number of nitrogens with one attached hydrogen (secondary N) is 2. The molecule has 6 nitrogen and oxygen atoms in total. The summed E-state index contributed by atoms with van der Waals surface area (Å²) in [6, 6.07) is 12.2. The van der Waals surface area contributed by atoms with E-state index in [1.807, 2.05) is 48.4 Å². The first kappa shape index (κ1) is 16.1. The molecule has 0 saturated heterocycles. The molecule has 0 bridgehead atoms. The molecule has 2 atom stereocenters. The highest BCUT2D eigenvalue weighted by Crippen LogP contribution is 2.25. The molecule has 0 radical (unpaired) electrons. The Kier molecular flexibility index (Phi) is 4.55. The van der Waals surface area contributed by atoms with Crippen molar-refractivity contribution in [3.8, 4) is 0 Å². The van der Waals surface area contributed by atoms with Crippen LogP contribution >= 0.6 is 0 Å². The molecular formula is C18H22N4O2. The van der Waals surface area contributed by atoms with Crippen molar-refractivity contribution >= 4 is 17.6 Å². The molecule has 0 saturated carbocycles. The number of aromatic nitrogens is 1. The van der Waals surface area contributed by atoms with Crippen molar-refractivity contribution in [2.45, 2.75) is 32.5 Å². The quantitative estimate of drug-likeness (QED) is 0.910. The maximum atomic E-state index is 12.7. The molecule has 0 aliphatic carbocycles. The molecule has 2 aromatic rings. The molecule has 1 aromatic carbocycles. The summed E-state index contributed by atoms with van der Waals surface area (Å²) in [7, 11) is 0. The summed E-state index contributed by atoms with van der Waals surface area (Å²) < 4.78 is 2.16. The smallest absolute Gasteiger partial charge is 0.319 e. The molecule has 2 heterocycles. The fraction of sp³-hybridized carbons (Fsp3) is 0.333. The highest BCUT2D eigenvalue weighted by Gasteiger charge is 2.30. The number of amides is 3. The maximum Gasteiger partial charge on any atom is 0.319 e. The molecule has 3 amide bonds. The number of hydrogen-bond donors (Lipinski definition) is 2. The van der Waals surface area contributed by atoms with Crippen LogP contribution in [0.2, 0.25) is 0 Å². The van der Waals surface area contributed by atoms with Gasteiger partial charge in [-0.3, -0.25) is 4.79 Å². The number of benzene rings is 1. The molecule has 1 aliphatic rings. The van der Waals surface area contributed by atoms with Crippen molar-refractivity contribution in [3.05, 3.63) is 54.4 Å². The molecule has 126 valence electrons. The Morgan fingerprint density at radius 3 is 2.62 bits per heavy atom. The van der Waals surface area contributed by atoms with Crippen molar-refractivity contribution in [3.63, 3.8) is 0 Å². The lowest BCUT2D eigenvalue weighted by molar-refractivity contribution is -0.136. The molecule has 0 spiro atoms. The second kappa shape index (κ2) is 6.78. The van der Waals surface area contributed by atoms with Gasteiger partial charge in [0.05, 0.1) is 6.04 Å². The van der Waals surface area contributed by atoms with Crippen LogP contribution in [0.15, 0.2) is 48.7 Å². The second-order valence-electron chi connectivity index (χ2n) is 6.02. The summed E-state index contributed by atoms with van der Waals surface area (Å²) in [6.45, 7) is 5.16. The second-order valence-corrected chi connectivity index (χ2v) is 6.02. The Morgan fingerprint density at radius 1 is 1.12 bits per heavy atom. The van der Waals surface area contributed by atoms with Crippen LogP contribution in [0.5, 0.6) is 0 Å². The van der Waals surface area contributed by atoms with Crippen LogP contribution in [0.1, 0.15) is 25.6 Å². The molecule has 3 rings (SSSR count). The fourth-order valence-electron chi connectivity index (χ4n) is 3.08. The maximum absolute atomic E-state index is 12.7. The SMILES string of the molecule is C[C@@H]1c2cccn2CCN1C(=O)[C@@H](C)NC(=O)Nc1ccccc1. The topological polar surface area (TPSA) is 66.4 Å². The third-order valence-electron chi connectivity index (χ3n) is 4.37. The van der Waals surface area contributed by atoms with E-state index < -0.39 is 6.04 Å². The Balaban J connectivity index is 1.60. The predicted octanol–water partition coefficient (Wildman–Crippen LogP) is 2.60. The van der Waals surface area contributed by atoms with Crippen LogP contribution in [0, 0.1) is 0 Å². The number of para-hydroxylation sites is 1. The summed E-state index contributed by atoms with van der Waals surface area (Å²) in [4.78, 5) is 26.6. The van der Waals surface area contributed by atoms with Gasteiger partial charge in [0.2, 0.25) is 5.91 Å². The number of nitrogens with zero attached hydrogens (tertiary/aromatic N) is 2. The molecule has 1 aliphatic heterocycles. The minimum atomic E-state index is -0.585. The first-order valence-corrected chi connectivity index (χ1v) is 8.14. The van der Waals surface area contributed by atoms with E-state index in [0.29, 0.717) is 12.2 Å². The van der Waals surface area contributed by atoms with Gasteiger partial charge in [-0.05, 0) is 38.1 Å². The van der Waals surface area contributed by atoms with Crippen LogP contribution in [-0.4, -0.2) is 34.0 Å². The van der Waals surface area contributed by atoms with Crippen LogP contribution in [0.3, 0.4) is 0 Å². The highest BCUT2D eigenvalue weighted by atomic mass is 16.2. The van der Waals surface area contributed by atoms with E-state index in [1.54, 1.807) is 19.1 Å². The van der Waals surface area contributed by atoms with Crippen molar-refractivity contribution in [1.82, 2.24) is 14.8 Å². The van der Waals surface area contributed by atoms with Crippen molar-refractivity contribution in [2.24, 2.45) is 0 Å². The molecule has 0 unspecified atom stereocenters. The molecule has 0 fully saturated rings. The zero-order valence-electron chi connectivity index (χ0n) is 13.9. The van der Waals surface area contributed by atoms with E-state index in [9.17, 15) is 9.59 Å². The first-order valence-electron chi connectivity index (χ1n) is 8.14. The first-order chi connectivity index (χ1) is 11.6. The summed E-state index contributed by atoms with van der Waals surface area (Å²) in [5, 5.41) is 5.44. The number of hydrogen-bond acceptors (Lipinski definition) is 2. The van der Waals surface area contributed by atoms with Gasteiger partial charge in [-0.1, -0.05) is 18.2 Å². The van der Waals surface area contributed by atoms with Gasteiger partial charge in [-0.25, -0.2) is 4.79 Å². The third kappa shape index (κ3) is 3.27. The molecule has 6 heteroatoms. The normalized spacial score (nSPS) is 17.8. The minimum Gasteiger partial charge on any atom is -0.348 e. The number of anilines is 1. The third-order valence-corrected chi connectivity index (χ3v) is 4.37. The summed E-state index contributed by atoms with van der Waals surface area (Å²) >= 11 is 0. The fourth-order valence-corrected chi connectivity index (χ4v) is 3.08. The van der Waals surface area contributed by atoms with E-state index in [1.165, 1.54) is 0 Å². The Bertz CT molecular complexity index is 726. The van der Waals surface area contributed by atoms with E-state index >= 15 is 0 Å². The van der Waals surface area contributed by atoms with Gasteiger partial charge in [0, 0.05) is 30.7 Å². The van der Waals surface area contributed by atoms with Gasteiger partial charge in [0.15, 0.2) is 0 Å². The van der Waals surface area contributed by atoms with Gasteiger partial charge < -0.3 is 20.1 Å². The number of carbonyl (C=O) groups is 2. The number of fused-ring (bicyclic) bond motifs is 1. The average Bonchev–Trinajstić information content (AvgIpc) is 3.05. The Labute approximate surface area is 141 Å². The van der Waals surface area contributed by atoms with Crippen molar-refractivity contribution < 1.29 is 9.59 Å². The number of carbonyl (C=O) groups excluding carboxylic acids is 2. The van der Waals surface area contributed by atoms with Gasteiger partial charge in [-0.2, -0.15) is 0 Å². The number of urea groups is 1. The van der Waals surface area contributed by atoms with Crippen LogP contribution in [0.25, 0.3) is 0 Å². The van der Waals surface area contributed by atoms with Gasteiger partial charge in [0.25, 0.3) is 0 Å². The van der Waals surface area contributed by atoms with Crippen LogP contribution < -0.4 is 10.6 Å². The van der Waals surface area contributed by atoms with Gasteiger partial charge >= 0.3 is 6.03 Å². The summed E-state index contributed by atoms with van der Waals surface area (Å²) in [5.41, 5.74) is 1.81. The lowest BCUT2D eigenvalue weighted by atomic mass is 10.1. The van der Waals surface area contributed by atoms with E-state index in [0.717, 1.165) is 12.2 Å². The Morgan fingerprint density at radius 2 is 1.88 bits per heavy atom. The predicted molar refractivity (Wildman–Crippen MR) is 92.6 cm³/mol. The lowest BCUT2D eigenvalue weighted by Gasteiger charge is -2.36. The molecule has 1 aromatic heterocycles. The highest BCUT2D eigenvalue weighted by molar-refractivity contribution is 5.93. The van der Waals surface area contributed by atoms with Gasteiger partial charge in [0.1, 0.15) is 6.04 Å². The zero-order chi connectivity index (χ0) is 17.1. The van der Waals surface area contributed by atoms with Crippen molar-refractivity contribution in [1.29, 1.82) is 0 Å². The van der Waals surface area contributed by atoms with Crippen molar-refractivity contribution in [2.75, 3.05) is 11.9 Å². The summed E-state index contributed by atoms with van der Waals surface area (Å²) in [6.07, 6.45) is 2.03. The minimum absolute atomic E-state index is 0.00249. The zero-order valence-corrected chi connectivity index (χ0v) is 13.9. The van der Waals surface area contributed by atoms with Gasteiger partial charge in [-0.15, -0.1) is 0 Å². The summed E-state index contributed by atoms with van der Waals surface area (Å²) in [5.74, 6) is -0.0711. The largest absolute Gasteiger partial charge is 0.348 e. The lowest BCUT2D eigenvalue weighted by Crippen LogP contribution is -2.51. The standard InChI is InChI=1S/C18H22N4O2/c1-13(19-18(24)20-15-7-4-3-5-8-15)17(23)22-12-11-21-10-6-9-16(21)14(22)2/h3-10,13-14H,11-12H2,1-2H3,(H2,19,20,24)/t13-,14-/m1/s1. The number of rotatable bonds is 3. The molecular weight excluding hydrogens is 304 g/mol. The molecule has 2 N–H and O–H groups in total. The van der Waals surface area contributed by atoms with Crippen LogP contribution in [0.4, 0.5) is 10.5 Å². The average molecular weight is 326 g/mol. The molecule has 24 heavy (non-hydrogen) atoms.